The van der Waals surface area contributed by atoms with E-state index in [1.807, 2.05) is 0 Å². The molecule has 0 saturated heterocycles. The summed E-state index contributed by atoms with van der Waals surface area (Å²) in [6.45, 7) is 0. The summed E-state index contributed by atoms with van der Waals surface area (Å²) in [5.41, 5.74) is 13.7. The number of aromatic nitrogens is 2. The van der Waals surface area contributed by atoms with Crippen molar-refractivity contribution in [3.05, 3.63) is 18.0 Å². The predicted octanol–water partition coefficient (Wildman–Crippen LogP) is -1.17. The van der Waals surface area contributed by atoms with E-state index in [1.165, 1.54) is 33.5 Å². The molecule has 7 nitrogen and oxygen atoms in total. The summed E-state index contributed by atoms with van der Waals surface area (Å²) in [6, 6.07) is 0. The number of carboxylic acids is 1. The van der Waals surface area contributed by atoms with Gasteiger partial charge in [-0.2, -0.15) is 5.10 Å². The number of nitrogens with one attached hydrogen (secondary N) is 1. The molecule has 1 aromatic heterocycles. The Balaban J connectivity index is -0.000000174. The number of nitrogens with zero attached hydrogens (tertiary/aromatic N) is 1. The second kappa shape index (κ2) is 17.6. The first-order valence-corrected chi connectivity index (χ1v) is 3.76. The van der Waals surface area contributed by atoms with E-state index < -0.39 is 5.97 Å². The highest BCUT2D eigenvalue weighted by molar-refractivity contribution is 5.86. The molecule has 0 saturated carbocycles. The van der Waals surface area contributed by atoms with Crippen molar-refractivity contribution < 1.29 is 9.90 Å². The number of aromatic carboxylic acids is 1. The fraction of sp³-hybridized carbons (Fsp3) is 0.429. The first-order chi connectivity index (χ1) is 6.80. The summed E-state index contributed by atoms with van der Waals surface area (Å²) in [7, 11) is 4.50. The van der Waals surface area contributed by atoms with Crippen LogP contribution in [0.4, 0.5) is 0 Å². The Morgan fingerprint density at radius 3 is 1.86 bits per heavy atom. The highest BCUT2D eigenvalue weighted by atomic mass is 16.4. The van der Waals surface area contributed by atoms with Gasteiger partial charge in [-0.15, -0.1) is 0 Å². The molecule has 7 heteroatoms. The number of carboxylic acid groups (broad SMARTS) is 1. The number of hydrogen-bond acceptors (Lipinski definition) is 5. The fourth-order valence-electron chi connectivity index (χ4n) is 0.368. The minimum absolute atomic E-state index is 0.185. The van der Waals surface area contributed by atoms with Crippen LogP contribution in [-0.2, 0) is 0 Å². The number of aromatic amines is 1. The Bertz CT molecular complexity index is 188. The normalized spacial score (nSPS) is 6.43. The maximum absolute atomic E-state index is 10.0. The molecule has 0 spiro atoms. The van der Waals surface area contributed by atoms with E-state index in [4.69, 9.17) is 5.11 Å². The first kappa shape index (κ1) is 18.4. The van der Waals surface area contributed by atoms with Crippen LogP contribution in [0.5, 0.6) is 0 Å². The van der Waals surface area contributed by atoms with Crippen LogP contribution >= 0.6 is 0 Å². The second-order valence-corrected chi connectivity index (χ2v) is 1.29. The summed E-state index contributed by atoms with van der Waals surface area (Å²) in [6.07, 6.45) is 2.57. The van der Waals surface area contributed by atoms with Crippen molar-refractivity contribution in [3.8, 4) is 0 Å². The largest absolute Gasteiger partial charge is 0.478 e. The second-order valence-electron chi connectivity index (χ2n) is 1.29. The van der Waals surface area contributed by atoms with Gasteiger partial charge in [-0.05, 0) is 21.1 Å². The van der Waals surface area contributed by atoms with E-state index in [0.29, 0.717) is 0 Å². The molecule has 0 bridgehead atoms. The Morgan fingerprint density at radius 1 is 1.29 bits per heavy atom. The lowest BCUT2D eigenvalue weighted by Crippen LogP contribution is -1.91. The standard InChI is InChI=1S/C4H4N2O2.3CH5N/c7-4(8)3-1-5-6-2-3;3*1-2/h1-2H,(H,5,6)(H,7,8);3*2H2,1H3. The average molecular weight is 205 g/mol. The van der Waals surface area contributed by atoms with Crippen LogP contribution in [0.1, 0.15) is 10.4 Å². The lowest BCUT2D eigenvalue weighted by Gasteiger charge is -1.77. The van der Waals surface area contributed by atoms with Gasteiger partial charge in [0, 0.05) is 6.20 Å². The molecule has 0 aliphatic carbocycles. The molecule has 1 heterocycles. The molecular formula is C7H19N5O2. The SMILES string of the molecule is CN.CN.CN.O=C(O)c1cn[nH]c1. The smallest absolute Gasteiger partial charge is 0.338 e. The molecule has 0 aliphatic heterocycles. The maximum Gasteiger partial charge on any atom is 0.338 e. The van der Waals surface area contributed by atoms with Gasteiger partial charge in [-0.25, -0.2) is 4.79 Å². The molecule has 0 amide bonds. The van der Waals surface area contributed by atoms with Gasteiger partial charge in [0.2, 0.25) is 0 Å². The number of H-pyrrole nitrogens is 1. The third kappa shape index (κ3) is 10.6. The Morgan fingerprint density at radius 2 is 1.71 bits per heavy atom. The molecule has 0 fully saturated rings. The van der Waals surface area contributed by atoms with Crippen molar-refractivity contribution in [1.82, 2.24) is 10.2 Å². The highest BCUT2D eigenvalue weighted by Gasteiger charge is 1.99. The molecule has 84 valence electrons. The molecule has 0 aromatic carbocycles. The van der Waals surface area contributed by atoms with Crippen molar-refractivity contribution in [2.45, 2.75) is 0 Å². The number of nitrogens with two attached hydrogens (primary N) is 3. The van der Waals surface area contributed by atoms with E-state index in [2.05, 4.69) is 27.4 Å². The van der Waals surface area contributed by atoms with E-state index in [0.717, 1.165) is 0 Å². The summed E-state index contributed by atoms with van der Waals surface area (Å²) in [4.78, 5) is 10.0. The van der Waals surface area contributed by atoms with Gasteiger partial charge in [-0.1, -0.05) is 0 Å². The third-order valence-corrected chi connectivity index (χ3v) is 0.745. The Labute approximate surface area is 83.3 Å². The van der Waals surface area contributed by atoms with E-state index in [1.54, 1.807) is 0 Å². The van der Waals surface area contributed by atoms with Crippen molar-refractivity contribution in [2.24, 2.45) is 17.2 Å². The molecular weight excluding hydrogens is 186 g/mol. The van der Waals surface area contributed by atoms with Gasteiger partial charge in [-0.3, -0.25) is 5.10 Å². The highest BCUT2D eigenvalue weighted by Crippen LogP contribution is 1.90. The third-order valence-electron chi connectivity index (χ3n) is 0.745. The fourth-order valence-corrected chi connectivity index (χ4v) is 0.368. The summed E-state index contributed by atoms with van der Waals surface area (Å²) in [5, 5.41) is 14.0. The van der Waals surface area contributed by atoms with Crippen molar-refractivity contribution in [1.29, 1.82) is 0 Å². The summed E-state index contributed by atoms with van der Waals surface area (Å²) in [5.74, 6) is -0.959. The minimum atomic E-state index is -0.959. The quantitative estimate of drug-likeness (QED) is 0.391. The number of carbonyl (C=O) groups is 1. The maximum atomic E-state index is 10.0. The zero-order valence-electron chi connectivity index (χ0n) is 8.69. The molecule has 0 unspecified atom stereocenters. The van der Waals surface area contributed by atoms with Gasteiger partial charge in [0.25, 0.3) is 0 Å². The van der Waals surface area contributed by atoms with E-state index in [-0.39, 0.29) is 5.56 Å². The summed E-state index contributed by atoms with van der Waals surface area (Å²) >= 11 is 0. The van der Waals surface area contributed by atoms with E-state index in [9.17, 15) is 4.79 Å². The zero-order valence-corrected chi connectivity index (χ0v) is 8.69. The van der Waals surface area contributed by atoms with Gasteiger partial charge in [0.15, 0.2) is 0 Å². The van der Waals surface area contributed by atoms with Crippen molar-refractivity contribution in [2.75, 3.05) is 21.1 Å². The lowest BCUT2D eigenvalue weighted by molar-refractivity contribution is 0.0697. The Hall–Kier alpha value is -1.44. The summed E-state index contributed by atoms with van der Waals surface area (Å²) < 4.78 is 0. The van der Waals surface area contributed by atoms with Crippen LogP contribution in [-0.4, -0.2) is 42.4 Å². The van der Waals surface area contributed by atoms with Crippen LogP contribution < -0.4 is 17.2 Å². The van der Waals surface area contributed by atoms with E-state index >= 15 is 0 Å². The average Bonchev–Trinajstić information content (AvgIpc) is 2.80. The van der Waals surface area contributed by atoms with Gasteiger partial charge in [0.1, 0.15) is 0 Å². The zero-order chi connectivity index (χ0) is 12.0. The van der Waals surface area contributed by atoms with Gasteiger partial charge in [0.05, 0.1) is 11.8 Å². The van der Waals surface area contributed by atoms with Crippen LogP contribution in [0, 0.1) is 0 Å². The monoisotopic (exact) mass is 205 g/mol. The van der Waals surface area contributed by atoms with Crippen LogP contribution in [0.25, 0.3) is 0 Å². The van der Waals surface area contributed by atoms with Crippen molar-refractivity contribution >= 4 is 5.97 Å². The topological polar surface area (TPSA) is 144 Å². The predicted molar refractivity (Wildman–Crippen MR) is 55.9 cm³/mol. The Kier molecular flexibility index (Phi) is 23.1. The molecule has 14 heavy (non-hydrogen) atoms. The van der Waals surface area contributed by atoms with Crippen molar-refractivity contribution in [3.63, 3.8) is 0 Å². The number of hydrogen-bond donors (Lipinski definition) is 5. The molecule has 0 atom stereocenters. The van der Waals surface area contributed by atoms with Crippen LogP contribution in [0.2, 0.25) is 0 Å². The van der Waals surface area contributed by atoms with Crippen LogP contribution in [0.3, 0.4) is 0 Å². The first-order valence-electron chi connectivity index (χ1n) is 3.76. The minimum Gasteiger partial charge on any atom is -0.478 e. The molecule has 0 radical (unpaired) electrons. The van der Waals surface area contributed by atoms with Crippen LogP contribution in [0.15, 0.2) is 12.4 Å². The van der Waals surface area contributed by atoms with Gasteiger partial charge >= 0.3 is 5.97 Å². The molecule has 0 aliphatic rings. The lowest BCUT2D eigenvalue weighted by atomic mass is 10.4. The molecule has 1 aromatic rings. The van der Waals surface area contributed by atoms with Gasteiger partial charge < -0.3 is 22.3 Å². The molecule has 8 N–H and O–H groups in total. The number of rotatable bonds is 1. The molecule has 1 rings (SSSR count).